The van der Waals surface area contributed by atoms with E-state index in [-0.39, 0.29) is 22.6 Å². The first-order valence-electron chi connectivity index (χ1n) is 12.7. The molecule has 1 saturated heterocycles. The van der Waals surface area contributed by atoms with Gasteiger partial charge in [-0.25, -0.2) is 8.42 Å². The maximum absolute atomic E-state index is 13.5. The standard InChI is InChI=1S/C28H29Cl2N5O3S/c29-22-8-6-20(7-9-22)26-25(19-4-2-1-3-5-19)18-35(32-26)28(34-16-14-21(15-17-34)27(31)36)33-39(37,38)24-12-10-23(30)11-13-24/h1-13,21,25,28,33H,14-18H2,(H2,31,36). The molecule has 0 aliphatic carbocycles. The van der Waals surface area contributed by atoms with Crippen LogP contribution in [0.1, 0.15) is 29.9 Å². The van der Waals surface area contributed by atoms with E-state index in [9.17, 15) is 13.2 Å². The summed E-state index contributed by atoms with van der Waals surface area (Å²) in [5, 5.41) is 7.85. The highest BCUT2D eigenvalue weighted by atomic mass is 35.5. The van der Waals surface area contributed by atoms with Crippen molar-refractivity contribution in [3.05, 3.63) is 100 Å². The summed E-state index contributed by atoms with van der Waals surface area (Å²) < 4.78 is 29.9. The molecule has 2 aliphatic rings. The molecule has 0 spiro atoms. The van der Waals surface area contributed by atoms with Crippen LogP contribution < -0.4 is 10.5 Å². The molecule has 0 saturated carbocycles. The van der Waals surface area contributed by atoms with E-state index in [1.54, 1.807) is 17.1 Å². The van der Waals surface area contributed by atoms with Gasteiger partial charge in [-0.3, -0.25) is 14.7 Å². The van der Waals surface area contributed by atoms with Crippen molar-refractivity contribution < 1.29 is 13.2 Å². The monoisotopic (exact) mass is 585 g/mol. The summed E-state index contributed by atoms with van der Waals surface area (Å²) in [5.41, 5.74) is 8.35. The third-order valence-electron chi connectivity index (χ3n) is 7.22. The number of primary amides is 1. The number of hydrogen-bond donors (Lipinski definition) is 2. The van der Waals surface area contributed by atoms with Gasteiger partial charge in [0, 0.05) is 35.0 Å². The van der Waals surface area contributed by atoms with Gasteiger partial charge in [-0.05, 0) is 60.4 Å². The number of nitrogens with zero attached hydrogens (tertiary/aromatic N) is 3. The quantitative estimate of drug-likeness (QED) is 0.410. The minimum atomic E-state index is -3.93. The van der Waals surface area contributed by atoms with E-state index in [2.05, 4.69) is 4.72 Å². The number of likely N-dealkylation sites (tertiary alicyclic amines) is 1. The Hall–Kier alpha value is -2.95. The fourth-order valence-corrected chi connectivity index (χ4v) is 6.51. The largest absolute Gasteiger partial charge is 0.369 e. The van der Waals surface area contributed by atoms with Gasteiger partial charge in [0.2, 0.25) is 15.9 Å². The van der Waals surface area contributed by atoms with Crippen LogP contribution in [0.25, 0.3) is 0 Å². The summed E-state index contributed by atoms with van der Waals surface area (Å²) in [6.45, 7) is 1.42. The Balaban J connectivity index is 1.51. The third kappa shape index (κ3) is 6.28. The number of halogens is 2. The molecule has 2 atom stereocenters. The van der Waals surface area contributed by atoms with E-state index in [1.165, 1.54) is 12.1 Å². The van der Waals surface area contributed by atoms with Crippen LogP contribution in [-0.2, 0) is 14.8 Å². The fourth-order valence-electron chi connectivity index (χ4n) is 5.08. The van der Waals surface area contributed by atoms with E-state index in [4.69, 9.17) is 34.0 Å². The van der Waals surface area contributed by atoms with Crippen molar-refractivity contribution in [2.45, 2.75) is 29.9 Å². The molecule has 5 rings (SSSR count). The summed E-state index contributed by atoms with van der Waals surface area (Å²) in [6.07, 6.45) is 0.298. The van der Waals surface area contributed by atoms with Gasteiger partial charge in [-0.2, -0.15) is 9.82 Å². The van der Waals surface area contributed by atoms with Crippen LogP contribution in [-0.4, -0.2) is 55.9 Å². The summed E-state index contributed by atoms with van der Waals surface area (Å²) in [5.74, 6) is -0.669. The van der Waals surface area contributed by atoms with Gasteiger partial charge in [0.15, 0.2) is 6.29 Å². The van der Waals surface area contributed by atoms with Crippen LogP contribution in [0.4, 0.5) is 0 Å². The van der Waals surface area contributed by atoms with E-state index in [0.717, 1.165) is 16.8 Å². The highest BCUT2D eigenvalue weighted by molar-refractivity contribution is 7.89. The smallest absolute Gasteiger partial charge is 0.243 e. The summed E-state index contributed by atoms with van der Waals surface area (Å²) in [6, 6.07) is 23.5. The maximum Gasteiger partial charge on any atom is 0.243 e. The van der Waals surface area contributed by atoms with Crippen molar-refractivity contribution in [2.24, 2.45) is 16.8 Å². The molecule has 3 aromatic carbocycles. The molecule has 1 amide bonds. The first-order chi connectivity index (χ1) is 18.7. The molecule has 39 heavy (non-hydrogen) atoms. The van der Waals surface area contributed by atoms with Crippen molar-refractivity contribution in [3.63, 3.8) is 0 Å². The molecule has 8 nitrogen and oxygen atoms in total. The average molecular weight is 587 g/mol. The Bertz CT molecular complexity index is 1440. The topological polar surface area (TPSA) is 108 Å². The van der Waals surface area contributed by atoms with Gasteiger partial charge in [-0.1, -0.05) is 65.7 Å². The van der Waals surface area contributed by atoms with Crippen molar-refractivity contribution in [1.29, 1.82) is 0 Å². The number of nitrogens with one attached hydrogen (secondary N) is 1. The third-order valence-corrected chi connectivity index (χ3v) is 9.14. The molecule has 2 heterocycles. The molecule has 0 aromatic heterocycles. The van der Waals surface area contributed by atoms with Crippen molar-refractivity contribution in [1.82, 2.24) is 14.6 Å². The minimum absolute atomic E-state index is 0.0990. The lowest BCUT2D eigenvalue weighted by atomic mass is 9.90. The van der Waals surface area contributed by atoms with Crippen LogP contribution in [0.15, 0.2) is 88.9 Å². The second kappa shape index (κ2) is 11.7. The minimum Gasteiger partial charge on any atom is -0.369 e. The Kier molecular flexibility index (Phi) is 8.25. The maximum atomic E-state index is 13.5. The number of rotatable bonds is 8. The van der Waals surface area contributed by atoms with E-state index < -0.39 is 16.3 Å². The number of carbonyl (C=O) groups excluding carboxylic acids is 1. The SMILES string of the molecule is NC(=O)C1CCN(C(NS(=O)(=O)c2ccc(Cl)cc2)N2CC(c3ccccc3)C(c3ccc(Cl)cc3)=N2)CC1. The molecule has 1 fully saturated rings. The van der Waals surface area contributed by atoms with E-state index in [0.29, 0.717) is 42.5 Å². The average Bonchev–Trinajstić information content (AvgIpc) is 3.38. The molecule has 3 aromatic rings. The molecule has 0 bridgehead atoms. The molecule has 2 aliphatic heterocycles. The first kappa shape index (κ1) is 27.6. The number of sulfonamides is 1. The Morgan fingerprint density at radius 2 is 1.51 bits per heavy atom. The number of hydrazone groups is 1. The summed E-state index contributed by atoms with van der Waals surface area (Å²) in [7, 11) is -3.93. The predicted octanol–water partition coefficient (Wildman–Crippen LogP) is 4.26. The summed E-state index contributed by atoms with van der Waals surface area (Å²) in [4.78, 5) is 13.9. The Morgan fingerprint density at radius 3 is 2.10 bits per heavy atom. The lowest BCUT2D eigenvalue weighted by Gasteiger charge is -2.40. The first-order valence-corrected chi connectivity index (χ1v) is 14.9. The number of benzene rings is 3. The van der Waals surface area contributed by atoms with Crippen LogP contribution in [0.5, 0.6) is 0 Å². The number of piperidine rings is 1. The predicted molar refractivity (Wildman–Crippen MR) is 153 cm³/mol. The lowest BCUT2D eigenvalue weighted by molar-refractivity contribution is -0.123. The second-order valence-electron chi connectivity index (χ2n) is 9.74. The van der Waals surface area contributed by atoms with Crippen LogP contribution in [0.2, 0.25) is 10.0 Å². The Morgan fingerprint density at radius 1 is 0.923 bits per heavy atom. The highest BCUT2D eigenvalue weighted by Gasteiger charge is 2.39. The zero-order valence-corrected chi connectivity index (χ0v) is 23.4. The fraction of sp³-hybridized carbons (Fsp3) is 0.286. The zero-order valence-electron chi connectivity index (χ0n) is 21.1. The number of hydrogen-bond acceptors (Lipinski definition) is 6. The lowest BCUT2D eigenvalue weighted by Crippen LogP contribution is -2.58. The van der Waals surface area contributed by atoms with Gasteiger partial charge in [-0.15, -0.1) is 0 Å². The van der Waals surface area contributed by atoms with Gasteiger partial charge in [0.05, 0.1) is 17.2 Å². The van der Waals surface area contributed by atoms with Crippen LogP contribution >= 0.6 is 23.2 Å². The van der Waals surface area contributed by atoms with Crippen LogP contribution in [0.3, 0.4) is 0 Å². The van der Waals surface area contributed by atoms with Gasteiger partial charge >= 0.3 is 0 Å². The molecular formula is C28H29Cl2N5O3S. The van der Waals surface area contributed by atoms with E-state index >= 15 is 0 Å². The van der Waals surface area contributed by atoms with Gasteiger partial charge in [0.25, 0.3) is 0 Å². The van der Waals surface area contributed by atoms with Crippen LogP contribution in [0, 0.1) is 5.92 Å². The van der Waals surface area contributed by atoms with Crippen molar-refractivity contribution in [2.75, 3.05) is 19.6 Å². The molecule has 0 radical (unpaired) electrons. The van der Waals surface area contributed by atoms with E-state index in [1.807, 2.05) is 59.5 Å². The molecule has 11 heteroatoms. The van der Waals surface area contributed by atoms with Crippen molar-refractivity contribution >= 4 is 44.8 Å². The number of nitrogens with two attached hydrogens (primary N) is 1. The normalized spacial score (nSPS) is 19.6. The van der Waals surface area contributed by atoms with Gasteiger partial charge in [0.1, 0.15) is 0 Å². The zero-order chi connectivity index (χ0) is 27.6. The number of carbonyl (C=O) groups is 1. The molecule has 204 valence electrons. The molecule has 3 N–H and O–H groups in total. The van der Waals surface area contributed by atoms with Gasteiger partial charge < -0.3 is 5.73 Å². The second-order valence-corrected chi connectivity index (χ2v) is 12.3. The number of amides is 1. The highest BCUT2D eigenvalue weighted by Crippen LogP contribution is 2.32. The molecular weight excluding hydrogens is 557 g/mol. The van der Waals surface area contributed by atoms with Crippen molar-refractivity contribution in [3.8, 4) is 0 Å². The Labute approximate surface area is 238 Å². The summed E-state index contributed by atoms with van der Waals surface area (Å²) >= 11 is 12.1. The molecule has 2 unspecified atom stereocenters.